The molecule has 0 bridgehead atoms. The van der Waals surface area contributed by atoms with Gasteiger partial charge in [0.2, 0.25) is 0 Å². The summed E-state index contributed by atoms with van der Waals surface area (Å²) in [6.45, 7) is 3.00. The molecule has 0 fully saturated rings. The van der Waals surface area contributed by atoms with Gasteiger partial charge < -0.3 is 9.73 Å². The van der Waals surface area contributed by atoms with Crippen LogP contribution in [0.1, 0.15) is 24.3 Å². The third-order valence-electron chi connectivity index (χ3n) is 3.51. The van der Waals surface area contributed by atoms with E-state index in [9.17, 15) is 0 Å². The standard InChI is InChI=1S/C16H18BrN3O/c1-3-18-14(7-11-9-19-20(2)10-11)15-8-12-5-4-6-13(17)16(12)21-15/h4-6,8-10,14,18H,3,7H2,1-2H3. The monoisotopic (exact) mass is 347 g/mol. The molecule has 110 valence electrons. The molecule has 3 rings (SSSR count). The predicted octanol–water partition coefficient (Wildman–Crippen LogP) is 3.82. The van der Waals surface area contributed by atoms with Gasteiger partial charge in [0.1, 0.15) is 11.3 Å². The Kier molecular flexibility index (Phi) is 4.12. The molecule has 2 heterocycles. The maximum absolute atomic E-state index is 6.06. The molecule has 1 N–H and O–H groups in total. The molecule has 0 amide bonds. The first-order chi connectivity index (χ1) is 10.2. The first-order valence-electron chi connectivity index (χ1n) is 7.06. The number of nitrogens with one attached hydrogen (secondary N) is 1. The highest BCUT2D eigenvalue weighted by atomic mass is 79.9. The Balaban J connectivity index is 1.93. The number of aryl methyl sites for hydroxylation is 1. The summed E-state index contributed by atoms with van der Waals surface area (Å²) in [6.07, 6.45) is 4.81. The van der Waals surface area contributed by atoms with Crippen molar-refractivity contribution in [3.63, 3.8) is 0 Å². The summed E-state index contributed by atoms with van der Waals surface area (Å²) in [5, 5.41) is 8.84. The summed E-state index contributed by atoms with van der Waals surface area (Å²) in [6, 6.07) is 8.36. The number of hydrogen-bond donors (Lipinski definition) is 1. The Morgan fingerprint density at radius 2 is 2.29 bits per heavy atom. The van der Waals surface area contributed by atoms with Crippen molar-refractivity contribution in [2.24, 2.45) is 7.05 Å². The highest BCUT2D eigenvalue weighted by Crippen LogP contribution is 2.30. The summed E-state index contributed by atoms with van der Waals surface area (Å²) in [7, 11) is 1.93. The van der Waals surface area contributed by atoms with Gasteiger partial charge in [0.05, 0.1) is 16.7 Å². The molecule has 0 radical (unpaired) electrons. The van der Waals surface area contributed by atoms with Gasteiger partial charge in [-0.25, -0.2) is 0 Å². The Labute approximate surface area is 132 Å². The number of fused-ring (bicyclic) bond motifs is 1. The fourth-order valence-corrected chi connectivity index (χ4v) is 3.01. The zero-order chi connectivity index (χ0) is 14.8. The molecule has 0 aliphatic heterocycles. The molecule has 0 aliphatic carbocycles. The molecule has 2 aromatic heterocycles. The average Bonchev–Trinajstić information content (AvgIpc) is 3.05. The molecule has 1 atom stereocenters. The van der Waals surface area contributed by atoms with Crippen molar-refractivity contribution in [2.45, 2.75) is 19.4 Å². The fraction of sp³-hybridized carbons (Fsp3) is 0.312. The van der Waals surface area contributed by atoms with Crippen molar-refractivity contribution in [1.82, 2.24) is 15.1 Å². The third-order valence-corrected chi connectivity index (χ3v) is 4.13. The maximum atomic E-state index is 6.06. The van der Waals surface area contributed by atoms with Crippen molar-refractivity contribution < 1.29 is 4.42 Å². The summed E-state index contributed by atoms with van der Waals surface area (Å²) in [5.74, 6) is 0.961. The zero-order valence-corrected chi connectivity index (χ0v) is 13.7. The van der Waals surface area contributed by atoms with Crippen LogP contribution in [-0.4, -0.2) is 16.3 Å². The topological polar surface area (TPSA) is 43.0 Å². The summed E-state index contributed by atoms with van der Waals surface area (Å²) in [5.41, 5.74) is 2.10. The number of likely N-dealkylation sites (N-methyl/N-ethyl adjacent to an activating group) is 1. The largest absolute Gasteiger partial charge is 0.458 e. The minimum absolute atomic E-state index is 0.151. The molecular weight excluding hydrogens is 330 g/mol. The summed E-state index contributed by atoms with van der Waals surface area (Å²) < 4.78 is 8.87. The number of nitrogens with zero attached hydrogens (tertiary/aromatic N) is 2. The average molecular weight is 348 g/mol. The fourth-order valence-electron chi connectivity index (χ4n) is 2.55. The number of para-hydroxylation sites is 1. The number of rotatable bonds is 5. The Hall–Kier alpha value is -1.59. The van der Waals surface area contributed by atoms with Gasteiger partial charge in [-0.05, 0) is 46.6 Å². The predicted molar refractivity (Wildman–Crippen MR) is 87.2 cm³/mol. The molecule has 5 heteroatoms. The Morgan fingerprint density at radius 1 is 1.43 bits per heavy atom. The van der Waals surface area contributed by atoms with Crippen molar-refractivity contribution in [3.05, 3.63) is 52.5 Å². The molecule has 0 saturated heterocycles. The molecule has 1 aromatic carbocycles. The molecule has 21 heavy (non-hydrogen) atoms. The van der Waals surface area contributed by atoms with Gasteiger partial charge in [-0.2, -0.15) is 5.10 Å². The Morgan fingerprint density at radius 3 is 2.95 bits per heavy atom. The smallest absolute Gasteiger partial charge is 0.148 e. The quantitative estimate of drug-likeness (QED) is 0.762. The minimum atomic E-state index is 0.151. The third kappa shape index (κ3) is 3.04. The molecule has 3 aromatic rings. The van der Waals surface area contributed by atoms with Gasteiger partial charge in [0.25, 0.3) is 0 Å². The normalized spacial score (nSPS) is 12.9. The van der Waals surface area contributed by atoms with E-state index in [0.29, 0.717) is 0 Å². The van der Waals surface area contributed by atoms with E-state index in [1.54, 1.807) is 0 Å². The van der Waals surface area contributed by atoms with Crippen LogP contribution in [0.5, 0.6) is 0 Å². The maximum Gasteiger partial charge on any atom is 0.148 e. The van der Waals surface area contributed by atoms with E-state index in [1.165, 1.54) is 5.56 Å². The first-order valence-corrected chi connectivity index (χ1v) is 7.85. The first kappa shape index (κ1) is 14.4. The van der Waals surface area contributed by atoms with Crippen LogP contribution in [0.4, 0.5) is 0 Å². The number of benzene rings is 1. The molecule has 1 unspecified atom stereocenters. The Bertz CT molecular complexity index is 747. The highest BCUT2D eigenvalue weighted by Gasteiger charge is 2.17. The van der Waals surface area contributed by atoms with Gasteiger partial charge in [-0.1, -0.05) is 19.1 Å². The van der Waals surface area contributed by atoms with Crippen LogP contribution in [0, 0.1) is 0 Å². The number of aromatic nitrogens is 2. The number of hydrogen-bond acceptors (Lipinski definition) is 3. The highest BCUT2D eigenvalue weighted by molar-refractivity contribution is 9.10. The number of halogens is 1. The summed E-state index contributed by atoms with van der Waals surface area (Å²) >= 11 is 3.54. The van der Waals surface area contributed by atoms with E-state index >= 15 is 0 Å². The van der Waals surface area contributed by atoms with Crippen LogP contribution >= 0.6 is 15.9 Å². The molecule has 0 saturated carbocycles. The van der Waals surface area contributed by atoms with Crippen LogP contribution in [0.15, 0.2) is 45.5 Å². The zero-order valence-electron chi connectivity index (χ0n) is 12.1. The van der Waals surface area contributed by atoms with Crippen molar-refractivity contribution in [2.75, 3.05) is 6.54 Å². The lowest BCUT2D eigenvalue weighted by molar-refractivity contribution is 0.434. The van der Waals surface area contributed by atoms with E-state index < -0.39 is 0 Å². The van der Waals surface area contributed by atoms with Crippen molar-refractivity contribution in [3.8, 4) is 0 Å². The van der Waals surface area contributed by atoms with E-state index in [0.717, 1.165) is 34.2 Å². The second-order valence-electron chi connectivity index (χ2n) is 5.14. The van der Waals surface area contributed by atoms with E-state index in [-0.39, 0.29) is 6.04 Å². The van der Waals surface area contributed by atoms with Crippen LogP contribution in [0.3, 0.4) is 0 Å². The van der Waals surface area contributed by atoms with E-state index in [4.69, 9.17) is 4.42 Å². The van der Waals surface area contributed by atoms with Crippen LogP contribution in [-0.2, 0) is 13.5 Å². The van der Waals surface area contributed by atoms with Gasteiger partial charge in [-0.3, -0.25) is 4.68 Å². The molecule has 0 spiro atoms. The van der Waals surface area contributed by atoms with E-state index in [2.05, 4.69) is 45.4 Å². The summed E-state index contributed by atoms with van der Waals surface area (Å²) in [4.78, 5) is 0. The van der Waals surface area contributed by atoms with Crippen LogP contribution in [0.2, 0.25) is 0 Å². The lowest BCUT2D eigenvalue weighted by Crippen LogP contribution is -2.22. The van der Waals surface area contributed by atoms with Gasteiger partial charge in [0.15, 0.2) is 0 Å². The molecule has 0 aliphatic rings. The van der Waals surface area contributed by atoms with Crippen LogP contribution < -0.4 is 5.32 Å². The SMILES string of the molecule is CCNC(Cc1cnn(C)c1)c1cc2cccc(Br)c2o1. The lowest BCUT2D eigenvalue weighted by atomic mass is 10.1. The van der Waals surface area contributed by atoms with E-state index in [1.807, 2.05) is 36.3 Å². The van der Waals surface area contributed by atoms with Gasteiger partial charge >= 0.3 is 0 Å². The number of furan rings is 1. The van der Waals surface area contributed by atoms with Crippen molar-refractivity contribution >= 4 is 26.9 Å². The van der Waals surface area contributed by atoms with Gasteiger partial charge in [-0.15, -0.1) is 0 Å². The second kappa shape index (κ2) is 6.03. The lowest BCUT2D eigenvalue weighted by Gasteiger charge is -2.14. The second-order valence-corrected chi connectivity index (χ2v) is 6.00. The molecular formula is C16H18BrN3O. The molecule has 4 nitrogen and oxygen atoms in total. The van der Waals surface area contributed by atoms with Crippen LogP contribution in [0.25, 0.3) is 11.0 Å². The minimum Gasteiger partial charge on any atom is -0.458 e. The van der Waals surface area contributed by atoms with Gasteiger partial charge in [0, 0.05) is 18.6 Å². The van der Waals surface area contributed by atoms with Crippen molar-refractivity contribution in [1.29, 1.82) is 0 Å².